The van der Waals surface area contributed by atoms with Gasteiger partial charge in [-0.3, -0.25) is 4.79 Å². The Kier molecular flexibility index (Phi) is 4.24. The second-order valence-corrected chi connectivity index (χ2v) is 5.38. The molecule has 1 amide bonds. The fourth-order valence-electron chi connectivity index (χ4n) is 2.66. The maximum Gasteiger partial charge on any atom is 0.339 e. The van der Waals surface area contributed by atoms with Gasteiger partial charge in [0.2, 0.25) is 0 Å². The molecule has 1 aliphatic heterocycles. The first-order valence-corrected chi connectivity index (χ1v) is 7.47. The minimum absolute atomic E-state index is 0.178. The van der Waals surface area contributed by atoms with E-state index in [4.69, 9.17) is 4.74 Å². The average Bonchev–Trinajstić information content (AvgIpc) is 2.59. The lowest BCUT2D eigenvalue weighted by atomic mass is 9.93. The lowest BCUT2D eigenvalue weighted by Crippen LogP contribution is -2.25. The van der Waals surface area contributed by atoms with Crippen LogP contribution in [0.25, 0.3) is 0 Å². The first-order chi connectivity index (χ1) is 11.2. The van der Waals surface area contributed by atoms with Crippen LogP contribution in [0, 0.1) is 0 Å². The maximum atomic E-state index is 12.2. The van der Waals surface area contributed by atoms with Gasteiger partial charge in [0.05, 0.1) is 5.56 Å². The van der Waals surface area contributed by atoms with Gasteiger partial charge in [-0.05, 0) is 29.3 Å². The first kappa shape index (κ1) is 15.0. The van der Waals surface area contributed by atoms with Gasteiger partial charge in [0.25, 0.3) is 5.91 Å². The highest BCUT2D eigenvalue weighted by Crippen LogP contribution is 2.30. The molecule has 2 aromatic carbocycles. The van der Waals surface area contributed by atoms with Crippen molar-refractivity contribution in [2.24, 2.45) is 0 Å². The van der Waals surface area contributed by atoms with E-state index in [-0.39, 0.29) is 18.0 Å². The number of nitrogens with one attached hydrogen (secondary N) is 1. The number of hydrogen-bond acceptors (Lipinski definition) is 3. The van der Waals surface area contributed by atoms with Crippen LogP contribution >= 0.6 is 0 Å². The molecule has 4 heteroatoms. The van der Waals surface area contributed by atoms with Gasteiger partial charge in [0.15, 0.2) is 0 Å². The summed E-state index contributed by atoms with van der Waals surface area (Å²) in [6.07, 6.45) is 1.87. The van der Waals surface area contributed by atoms with E-state index in [9.17, 15) is 9.59 Å². The first-order valence-electron chi connectivity index (χ1n) is 7.47. The normalized spacial score (nSPS) is 16.2. The summed E-state index contributed by atoms with van der Waals surface area (Å²) in [5, 5.41) is 2.74. The highest BCUT2D eigenvalue weighted by Gasteiger charge is 2.28. The Bertz CT molecular complexity index is 752. The Balaban J connectivity index is 1.88. The van der Waals surface area contributed by atoms with Crippen LogP contribution in [0.5, 0.6) is 0 Å². The molecule has 1 heterocycles. The Morgan fingerprint density at radius 2 is 2.04 bits per heavy atom. The van der Waals surface area contributed by atoms with E-state index >= 15 is 0 Å². The molecule has 4 nitrogen and oxygen atoms in total. The topological polar surface area (TPSA) is 55.4 Å². The molecule has 0 aliphatic carbocycles. The third kappa shape index (κ3) is 3.16. The van der Waals surface area contributed by atoms with Crippen molar-refractivity contribution < 1.29 is 14.3 Å². The van der Waals surface area contributed by atoms with E-state index in [0.717, 1.165) is 11.1 Å². The molecule has 23 heavy (non-hydrogen) atoms. The smallest absolute Gasteiger partial charge is 0.339 e. The number of benzene rings is 2. The van der Waals surface area contributed by atoms with Crippen LogP contribution in [0.1, 0.15) is 37.9 Å². The molecule has 2 aromatic rings. The second-order valence-electron chi connectivity index (χ2n) is 5.38. The summed E-state index contributed by atoms with van der Waals surface area (Å²) in [5.41, 5.74) is 2.85. The van der Waals surface area contributed by atoms with Crippen molar-refractivity contribution >= 4 is 11.9 Å². The molecule has 0 aromatic heterocycles. The molecule has 1 atom stereocenters. The van der Waals surface area contributed by atoms with Crippen molar-refractivity contribution in [3.63, 3.8) is 0 Å². The summed E-state index contributed by atoms with van der Waals surface area (Å²) in [6, 6.07) is 14.7. The average molecular weight is 307 g/mol. The summed E-state index contributed by atoms with van der Waals surface area (Å²) in [6.45, 7) is 3.98. The molecule has 1 aliphatic rings. The minimum Gasteiger partial charge on any atom is -0.454 e. The monoisotopic (exact) mass is 307 g/mol. The molecule has 1 unspecified atom stereocenters. The minimum atomic E-state index is -0.349. The van der Waals surface area contributed by atoms with Crippen molar-refractivity contribution in [3.05, 3.63) is 83.4 Å². The molecule has 1 N–H and O–H groups in total. The summed E-state index contributed by atoms with van der Waals surface area (Å²) in [4.78, 5) is 24.2. The van der Waals surface area contributed by atoms with Gasteiger partial charge in [-0.2, -0.15) is 0 Å². The van der Waals surface area contributed by atoms with Crippen LogP contribution in [0.15, 0.2) is 61.2 Å². The number of carbonyl (C=O) groups excluding carboxylic acids is 2. The zero-order valence-electron chi connectivity index (χ0n) is 12.6. The van der Waals surface area contributed by atoms with Gasteiger partial charge in [-0.25, -0.2) is 4.79 Å². The largest absolute Gasteiger partial charge is 0.454 e. The van der Waals surface area contributed by atoms with E-state index in [2.05, 4.69) is 11.9 Å². The lowest BCUT2D eigenvalue weighted by molar-refractivity contribution is 0.0252. The molecule has 0 bridgehead atoms. The Labute approximate surface area is 134 Å². The van der Waals surface area contributed by atoms with Crippen LogP contribution in [0.3, 0.4) is 0 Å². The highest BCUT2D eigenvalue weighted by atomic mass is 16.5. The van der Waals surface area contributed by atoms with Gasteiger partial charge >= 0.3 is 5.97 Å². The van der Waals surface area contributed by atoms with E-state index in [1.807, 2.05) is 30.3 Å². The van der Waals surface area contributed by atoms with Gasteiger partial charge in [0, 0.05) is 18.5 Å². The summed E-state index contributed by atoms with van der Waals surface area (Å²) >= 11 is 0. The number of esters is 1. The molecule has 0 spiro atoms. The number of rotatable bonds is 4. The van der Waals surface area contributed by atoms with Gasteiger partial charge < -0.3 is 10.1 Å². The Hall–Kier alpha value is -2.88. The van der Waals surface area contributed by atoms with Crippen LogP contribution in [0.2, 0.25) is 0 Å². The standard InChI is InChI=1S/C19H17NO3/c1-2-10-20-18(21)14-8-9-16-15(11-14)12-17(23-19(16)22)13-6-4-3-5-7-13/h2-9,11,17H,1,10,12H2,(H,20,21). The van der Waals surface area contributed by atoms with Crippen LogP contribution in [0.4, 0.5) is 0 Å². The zero-order chi connectivity index (χ0) is 16.2. The number of cyclic esters (lactones) is 1. The zero-order valence-corrected chi connectivity index (χ0v) is 12.6. The van der Waals surface area contributed by atoms with E-state index < -0.39 is 0 Å². The van der Waals surface area contributed by atoms with Crippen molar-refractivity contribution in [2.45, 2.75) is 12.5 Å². The number of amides is 1. The highest BCUT2D eigenvalue weighted by molar-refractivity contribution is 5.97. The van der Waals surface area contributed by atoms with Gasteiger partial charge in [0.1, 0.15) is 6.10 Å². The second kappa shape index (κ2) is 6.48. The van der Waals surface area contributed by atoms with E-state index in [0.29, 0.717) is 24.1 Å². The fourth-order valence-corrected chi connectivity index (χ4v) is 2.66. The van der Waals surface area contributed by atoms with E-state index in [1.165, 1.54) is 0 Å². The predicted molar refractivity (Wildman–Crippen MR) is 87.3 cm³/mol. The van der Waals surface area contributed by atoms with Gasteiger partial charge in [-0.1, -0.05) is 36.4 Å². The Morgan fingerprint density at radius 1 is 1.26 bits per heavy atom. The number of fused-ring (bicyclic) bond motifs is 1. The summed E-state index contributed by atoms with van der Waals surface area (Å²) in [5.74, 6) is -0.527. The molecule has 0 fully saturated rings. The number of ether oxygens (including phenoxy) is 1. The SMILES string of the molecule is C=CCNC(=O)c1ccc2c(c1)CC(c1ccccc1)OC2=O. The third-order valence-electron chi connectivity index (χ3n) is 3.82. The molecule has 0 saturated carbocycles. The van der Waals surface area contributed by atoms with Crippen LogP contribution in [-0.2, 0) is 11.2 Å². The molecular weight excluding hydrogens is 290 g/mol. The predicted octanol–water partition coefficient (Wildman–Crippen LogP) is 3.06. The van der Waals surface area contributed by atoms with Crippen LogP contribution in [-0.4, -0.2) is 18.4 Å². The van der Waals surface area contributed by atoms with Crippen molar-refractivity contribution in [3.8, 4) is 0 Å². The number of hydrogen-bond donors (Lipinski definition) is 1. The summed E-state index contributed by atoms with van der Waals surface area (Å²) < 4.78 is 5.51. The summed E-state index contributed by atoms with van der Waals surface area (Å²) in [7, 11) is 0. The molecule has 0 saturated heterocycles. The molecular formula is C19H17NO3. The third-order valence-corrected chi connectivity index (χ3v) is 3.82. The van der Waals surface area contributed by atoms with Crippen molar-refractivity contribution in [1.29, 1.82) is 0 Å². The van der Waals surface area contributed by atoms with E-state index in [1.54, 1.807) is 24.3 Å². The molecule has 0 radical (unpaired) electrons. The number of carbonyl (C=O) groups is 2. The Morgan fingerprint density at radius 3 is 2.78 bits per heavy atom. The van der Waals surface area contributed by atoms with Crippen molar-refractivity contribution in [1.82, 2.24) is 5.32 Å². The van der Waals surface area contributed by atoms with Crippen molar-refractivity contribution in [2.75, 3.05) is 6.54 Å². The van der Waals surface area contributed by atoms with Gasteiger partial charge in [-0.15, -0.1) is 6.58 Å². The fraction of sp³-hybridized carbons (Fsp3) is 0.158. The maximum absolute atomic E-state index is 12.2. The molecule has 3 rings (SSSR count). The quantitative estimate of drug-likeness (QED) is 0.697. The lowest BCUT2D eigenvalue weighted by Gasteiger charge is -2.25. The molecule has 116 valence electrons. The van der Waals surface area contributed by atoms with Crippen LogP contribution < -0.4 is 5.32 Å².